The van der Waals surface area contributed by atoms with Crippen LogP contribution in [0.25, 0.3) is 0 Å². The number of amides is 1. The molecule has 7 nitrogen and oxygen atoms in total. The molecule has 0 aromatic carbocycles. The van der Waals surface area contributed by atoms with E-state index in [4.69, 9.17) is 14.2 Å². The summed E-state index contributed by atoms with van der Waals surface area (Å²) in [6, 6.07) is 0. The lowest BCUT2D eigenvalue weighted by atomic mass is 9.46. The minimum Gasteiger partial charge on any atom is -0.388 e. The summed E-state index contributed by atoms with van der Waals surface area (Å²) in [6.45, 7) is 15.0. The average molecular weight is 658 g/mol. The van der Waals surface area contributed by atoms with Crippen LogP contribution < -0.4 is 0 Å². The average Bonchev–Trinajstić information content (AvgIpc) is 3.62. The number of hydrogen-bond acceptors (Lipinski definition) is 6. The molecule has 2 spiro atoms. The largest absolute Gasteiger partial charge is 0.388 e. The lowest BCUT2D eigenvalue weighted by Gasteiger charge is -2.60. The number of fused-ring (bicyclic) bond motifs is 4. The SMILES string of the molecule is CC12CC[C@@]34CC35CC[C@H](OC3CN(C=O)CCO3)C(C)(C)C5CCC4C1CC1OC([C@H](O)C(C)(C)O)CCC12.CC1CCCCC1. The molecule has 7 heteroatoms. The standard InChI is InChI=1S/C33H53NO6.C7H14/c1-29(2)25-9-7-20-22-16-24-21(6-8-23(39-24)28(36)30(3,4)37)31(22,5)12-13-32(20)18-33(25,32)11-10-26(29)40-27-17-34(19-35)14-15-38-27;1-7-5-3-2-4-6-7/h19-28,36-37H,6-18H2,1-5H3;7H,2-6H2,1H3/t20?,21?,22?,23?,24?,25?,26-,27?,28-,31?,32-,33?;/m0./s1. The normalized spacial score (nSPS) is 48.0. The maximum Gasteiger partial charge on any atom is 0.209 e. The number of rotatable bonds is 5. The first-order valence-corrected chi connectivity index (χ1v) is 19.8. The summed E-state index contributed by atoms with van der Waals surface area (Å²) in [7, 11) is 0. The molecular weight excluding hydrogens is 590 g/mol. The van der Waals surface area contributed by atoms with Crippen molar-refractivity contribution in [2.45, 2.75) is 174 Å². The molecule has 0 radical (unpaired) electrons. The Morgan fingerprint density at radius 3 is 2.34 bits per heavy atom. The summed E-state index contributed by atoms with van der Waals surface area (Å²) in [6.07, 6.45) is 19.5. The van der Waals surface area contributed by atoms with E-state index >= 15 is 0 Å². The fourth-order valence-corrected chi connectivity index (χ4v) is 13.5. The van der Waals surface area contributed by atoms with Gasteiger partial charge in [-0.3, -0.25) is 4.79 Å². The fraction of sp³-hybridized carbons (Fsp3) is 0.975. The summed E-state index contributed by atoms with van der Waals surface area (Å²) in [5.41, 5.74) is 0.227. The minimum atomic E-state index is -1.14. The van der Waals surface area contributed by atoms with Gasteiger partial charge in [0.1, 0.15) is 6.10 Å². The van der Waals surface area contributed by atoms with Gasteiger partial charge in [-0.15, -0.1) is 0 Å². The van der Waals surface area contributed by atoms with E-state index in [1.807, 2.05) is 0 Å². The topological polar surface area (TPSA) is 88.5 Å². The number of aliphatic hydroxyl groups is 2. The van der Waals surface area contributed by atoms with Crippen molar-refractivity contribution < 1.29 is 29.2 Å². The van der Waals surface area contributed by atoms with Gasteiger partial charge in [0.25, 0.3) is 0 Å². The summed E-state index contributed by atoms with van der Waals surface area (Å²) in [4.78, 5) is 13.1. The third-order valence-corrected chi connectivity index (χ3v) is 16.1. The van der Waals surface area contributed by atoms with Gasteiger partial charge < -0.3 is 29.3 Å². The number of ether oxygens (including phenoxy) is 3. The van der Waals surface area contributed by atoms with E-state index in [9.17, 15) is 15.0 Å². The van der Waals surface area contributed by atoms with Crippen molar-refractivity contribution in [3.63, 3.8) is 0 Å². The van der Waals surface area contributed by atoms with E-state index in [0.29, 0.717) is 53.7 Å². The van der Waals surface area contributed by atoms with E-state index in [2.05, 4.69) is 27.7 Å². The van der Waals surface area contributed by atoms with Crippen LogP contribution in [0.15, 0.2) is 0 Å². The molecule has 2 aliphatic heterocycles. The van der Waals surface area contributed by atoms with Gasteiger partial charge in [0.2, 0.25) is 6.41 Å². The van der Waals surface area contributed by atoms with Crippen molar-refractivity contribution >= 4 is 6.41 Å². The van der Waals surface area contributed by atoms with Crippen molar-refractivity contribution in [3.8, 4) is 0 Å². The van der Waals surface area contributed by atoms with Crippen LogP contribution in [0.3, 0.4) is 0 Å². The van der Waals surface area contributed by atoms with Crippen LogP contribution in [-0.2, 0) is 19.0 Å². The Bertz CT molecular complexity index is 1130. The molecule has 2 saturated heterocycles. The molecule has 47 heavy (non-hydrogen) atoms. The molecule has 1 amide bonds. The fourth-order valence-electron chi connectivity index (χ4n) is 13.5. The minimum absolute atomic E-state index is 0.0908. The predicted molar refractivity (Wildman–Crippen MR) is 182 cm³/mol. The highest BCUT2D eigenvalue weighted by molar-refractivity contribution is 5.47. The lowest BCUT2D eigenvalue weighted by molar-refractivity contribution is -0.243. The highest BCUT2D eigenvalue weighted by Gasteiger charge is 2.80. The molecule has 6 aliphatic carbocycles. The van der Waals surface area contributed by atoms with Crippen molar-refractivity contribution in [3.05, 3.63) is 0 Å². The molecule has 0 aromatic heterocycles. The van der Waals surface area contributed by atoms with E-state index in [1.165, 1.54) is 70.6 Å². The zero-order valence-corrected chi connectivity index (χ0v) is 30.6. The van der Waals surface area contributed by atoms with E-state index in [1.54, 1.807) is 18.7 Å². The van der Waals surface area contributed by atoms with Crippen LogP contribution in [0.2, 0.25) is 0 Å². The highest BCUT2D eigenvalue weighted by Crippen LogP contribution is 2.87. The zero-order chi connectivity index (χ0) is 33.4. The van der Waals surface area contributed by atoms with Gasteiger partial charge >= 0.3 is 0 Å². The first-order chi connectivity index (χ1) is 22.2. The number of carbonyl (C=O) groups is 1. The lowest BCUT2D eigenvalue weighted by Crippen LogP contribution is -2.56. The van der Waals surface area contributed by atoms with Crippen LogP contribution in [0.4, 0.5) is 0 Å². The number of aliphatic hydroxyl groups excluding tert-OH is 1. The Kier molecular flexibility index (Phi) is 9.23. The molecule has 8 rings (SSSR count). The maximum atomic E-state index is 11.3. The van der Waals surface area contributed by atoms with Gasteiger partial charge in [-0.25, -0.2) is 0 Å². The maximum absolute atomic E-state index is 11.3. The van der Waals surface area contributed by atoms with Crippen LogP contribution in [0.1, 0.15) is 138 Å². The van der Waals surface area contributed by atoms with Gasteiger partial charge in [0, 0.05) is 6.54 Å². The molecule has 9 unspecified atom stereocenters. The molecule has 2 N–H and O–H groups in total. The summed E-state index contributed by atoms with van der Waals surface area (Å²) >= 11 is 0. The number of morpholine rings is 1. The number of hydrogen-bond donors (Lipinski definition) is 2. The quantitative estimate of drug-likeness (QED) is 0.307. The second-order valence-corrected chi connectivity index (χ2v) is 19.2. The van der Waals surface area contributed by atoms with E-state index in [0.717, 1.165) is 43.9 Å². The molecule has 0 bridgehead atoms. The number of nitrogens with zero attached hydrogens (tertiary/aromatic N) is 1. The third-order valence-electron chi connectivity index (χ3n) is 16.1. The van der Waals surface area contributed by atoms with Gasteiger partial charge in [-0.05, 0) is 129 Å². The van der Waals surface area contributed by atoms with Crippen molar-refractivity contribution in [1.29, 1.82) is 0 Å². The van der Waals surface area contributed by atoms with E-state index in [-0.39, 0.29) is 30.0 Å². The molecular formula is C40H67NO6. The molecule has 8 aliphatic rings. The van der Waals surface area contributed by atoms with Gasteiger partial charge in [0.05, 0.1) is 37.1 Å². The first-order valence-electron chi connectivity index (χ1n) is 19.8. The Morgan fingerprint density at radius 2 is 1.66 bits per heavy atom. The molecule has 2 heterocycles. The summed E-state index contributed by atoms with van der Waals surface area (Å²) < 4.78 is 19.3. The van der Waals surface area contributed by atoms with Crippen LogP contribution in [-0.4, -0.2) is 77.5 Å². The first kappa shape index (κ1) is 34.7. The number of carbonyl (C=O) groups excluding carboxylic acids is 1. The van der Waals surface area contributed by atoms with E-state index < -0.39 is 11.7 Å². The predicted octanol–water partition coefficient (Wildman–Crippen LogP) is 7.11. The Balaban J connectivity index is 0.000000447. The third kappa shape index (κ3) is 5.76. The second kappa shape index (κ2) is 12.5. The van der Waals surface area contributed by atoms with Crippen LogP contribution in [0.5, 0.6) is 0 Å². The summed E-state index contributed by atoms with van der Waals surface area (Å²) in [5.74, 6) is 3.78. The smallest absolute Gasteiger partial charge is 0.209 e. The highest BCUT2D eigenvalue weighted by atomic mass is 16.7. The molecule has 8 fully saturated rings. The van der Waals surface area contributed by atoms with Gasteiger partial charge in [-0.2, -0.15) is 0 Å². The molecule has 0 aromatic rings. The molecule has 268 valence electrons. The van der Waals surface area contributed by atoms with Crippen molar-refractivity contribution in [2.75, 3.05) is 19.7 Å². The van der Waals surface area contributed by atoms with Crippen LogP contribution >= 0.6 is 0 Å². The van der Waals surface area contributed by atoms with Gasteiger partial charge in [-0.1, -0.05) is 59.8 Å². The molecule has 6 saturated carbocycles. The van der Waals surface area contributed by atoms with Crippen LogP contribution in [0, 0.1) is 51.2 Å². The zero-order valence-electron chi connectivity index (χ0n) is 30.6. The second-order valence-electron chi connectivity index (χ2n) is 19.2. The van der Waals surface area contributed by atoms with Gasteiger partial charge in [0.15, 0.2) is 6.29 Å². The monoisotopic (exact) mass is 657 g/mol. The molecule has 12 atom stereocenters. The van der Waals surface area contributed by atoms with Crippen molar-refractivity contribution in [1.82, 2.24) is 4.90 Å². The Hall–Kier alpha value is -0.730. The Labute approximate surface area is 285 Å². The van der Waals surface area contributed by atoms with Crippen molar-refractivity contribution in [2.24, 2.45) is 51.2 Å². The Morgan fingerprint density at radius 1 is 0.915 bits per heavy atom. The summed E-state index contributed by atoms with van der Waals surface area (Å²) in [5, 5.41) is 21.3.